The zero-order chi connectivity index (χ0) is 14.9. The Kier molecular flexibility index (Phi) is 3.61. The van der Waals surface area contributed by atoms with Crippen molar-refractivity contribution in [3.8, 4) is 0 Å². The van der Waals surface area contributed by atoms with E-state index in [9.17, 15) is 18.0 Å². The van der Waals surface area contributed by atoms with Gasteiger partial charge in [-0.25, -0.2) is 4.98 Å². The molecular weight excluding hydrogens is 267 g/mol. The van der Waals surface area contributed by atoms with Crippen LogP contribution in [0.4, 0.5) is 13.2 Å². The Labute approximate surface area is 114 Å². The van der Waals surface area contributed by atoms with Gasteiger partial charge < -0.3 is 0 Å². The highest BCUT2D eigenvalue weighted by molar-refractivity contribution is 6.08. The minimum atomic E-state index is -4.41. The van der Waals surface area contributed by atoms with Crippen molar-refractivity contribution >= 4 is 5.78 Å². The summed E-state index contributed by atoms with van der Waals surface area (Å²) in [5.74, 6) is -0.375. The number of benzene rings is 1. The van der Waals surface area contributed by atoms with Gasteiger partial charge in [-0.3, -0.25) is 4.79 Å². The third-order valence-electron chi connectivity index (χ3n) is 2.92. The number of alkyl halides is 3. The summed E-state index contributed by atoms with van der Waals surface area (Å²) in [5, 5.41) is 0. The zero-order valence-corrected chi connectivity index (χ0v) is 11.0. The number of nitrogens with zero attached hydrogens (tertiary/aromatic N) is 1. The van der Waals surface area contributed by atoms with E-state index in [2.05, 4.69) is 4.98 Å². The predicted molar refractivity (Wildman–Crippen MR) is 68.6 cm³/mol. The number of aryl methyl sites for hydroxylation is 2. The van der Waals surface area contributed by atoms with Crippen LogP contribution in [0.25, 0.3) is 0 Å². The molecule has 1 aromatic carbocycles. The molecule has 0 saturated heterocycles. The maximum Gasteiger partial charge on any atom is 0.416 e. The van der Waals surface area contributed by atoms with Crippen LogP contribution in [-0.2, 0) is 6.18 Å². The molecular formula is C15H12F3NO. The van der Waals surface area contributed by atoms with E-state index < -0.39 is 11.7 Å². The lowest BCUT2D eigenvalue weighted by Gasteiger charge is -2.10. The molecule has 2 aromatic rings. The SMILES string of the molecule is Cc1cccc(C(=O)c2ccc(C(F)(F)F)cc2C)n1. The summed E-state index contributed by atoms with van der Waals surface area (Å²) in [6.07, 6.45) is -4.41. The van der Waals surface area contributed by atoms with Crippen molar-refractivity contribution in [3.05, 3.63) is 64.5 Å². The summed E-state index contributed by atoms with van der Waals surface area (Å²) < 4.78 is 37.7. The molecule has 0 saturated carbocycles. The average Bonchev–Trinajstić information content (AvgIpc) is 2.36. The Morgan fingerprint density at radius 2 is 1.80 bits per heavy atom. The molecule has 0 aliphatic rings. The molecule has 0 atom stereocenters. The topological polar surface area (TPSA) is 30.0 Å². The third kappa shape index (κ3) is 2.87. The summed E-state index contributed by atoms with van der Waals surface area (Å²) in [4.78, 5) is 16.3. The van der Waals surface area contributed by atoms with Gasteiger partial charge in [0.25, 0.3) is 0 Å². The Morgan fingerprint density at radius 3 is 2.35 bits per heavy atom. The number of pyridine rings is 1. The van der Waals surface area contributed by atoms with Crippen LogP contribution >= 0.6 is 0 Å². The van der Waals surface area contributed by atoms with Crippen LogP contribution in [0.2, 0.25) is 0 Å². The summed E-state index contributed by atoms with van der Waals surface area (Å²) in [6.45, 7) is 3.23. The van der Waals surface area contributed by atoms with E-state index in [0.717, 1.165) is 12.1 Å². The van der Waals surface area contributed by atoms with Crippen molar-refractivity contribution in [3.63, 3.8) is 0 Å². The van der Waals surface area contributed by atoms with Crippen LogP contribution in [0.1, 0.15) is 32.9 Å². The molecule has 0 amide bonds. The number of ketones is 1. The fourth-order valence-electron chi connectivity index (χ4n) is 1.90. The number of hydrogen-bond donors (Lipinski definition) is 0. The molecule has 1 heterocycles. The number of aromatic nitrogens is 1. The van der Waals surface area contributed by atoms with Crippen LogP contribution < -0.4 is 0 Å². The number of carbonyl (C=O) groups excluding carboxylic acids is 1. The van der Waals surface area contributed by atoms with E-state index in [0.29, 0.717) is 5.69 Å². The highest BCUT2D eigenvalue weighted by Gasteiger charge is 2.31. The second-order valence-electron chi connectivity index (χ2n) is 4.52. The normalized spacial score (nSPS) is 11.4. The molecule has 0 unspecified atom stereocenters. The molecule has 0 radical (unpaired) electrons. The molecule has 2 nitrogen and oxygen atoms in total. The molecule has 0 aliphatic carbocycles. The summed E-state index contributed by atoms with van der Waals surface area (Å²) in [5.41, 5.74) is 0.668. The van der Waals surface area contributed by atoms with E-state index >= 15 is 0 Å². The average molecular weight is 279 g/mol. The first kappa shape index (κ1) is 14.2. The number of rotatable bonds is 2. The van der Waals surface area contributed by atoms with Crippen LogP contribution in [0.5, 0.6) is 0 Å². The van der Waals surface area contributed by atoms with E-state index in [-0.39, 0.29) is 22.6 Å². The van der Waals surface area contributed by atoms with Crippen molar-refractivity contribution in [2.45, 2.75) is 20.0 Å². The second kappa shape index (κ2) is 5.07. The second-order valence-corrected chi connectivity index (χ2v) is 4.52. The Bertz CT molecular complexity index is 662. The van der Waals surface area contributed by atoms with Gasteiger partial charge in [0.15, 0.2) is 0 Å². The summed E-state index contributed by atoms with van der Waals surface area (Å²) in [6, 6.07) is 8.07. The molecule has 0 aliphatic heterocycles. The van der Waals surface area contributed by atoms with Crippen LogP contribution in [0, 0.1) is 13.8 Å². The van der Waals surface area contributed by atoms with Gasteiger partial charge in [0.05, 0.1) is 5.56 Å². The van der Waals surface area contributed by atoms with Gasteiger partial charge in [-0.15, -0.1) is 0 Å². The molecule has 20 heavy (non-hydrogen) atoms. The lowest BCUT2D eigenvalue weighted by Crippen LogP contribution is -2.10. The maximum atomic E-state index is 12.6. The predicted octanol–water partition coefficient (Wildman–Crippen LogP) is 3.95. The van der Waals surface area contributed by atoms with E-state index in [1.54, 1.807) is 25.1 Å². The lowest BCUT2D eigenvalue weighted by atomic mass is 9.99. The van der Waals surface area contributed by atoms with Crippen molar-refractivity contribution in [2.24, 2.45) is 0 Å². The summed E-state index contributed by atoms with van der Waals surface area (Å²) >= 11 is 0. The maximum absolute atomic E-state index is 12.6. The van der Waals surface area contributed by atoms with Gasteiger partial charge >= 0.3 is 6.18 Å². The largest absolute Gasteiger partial charge is 0.416 e. The molecule has 0 bridgehead atoms. The van der Waals surface area contributed by atoms with Crippen molar-refractivity contribution in [2.75, 3.05) is 0 Å². The van der Waals surface area contributed by atoms with Gasteiger partial charge in [-0.1, -0.05) is 12.1 Å². The van der Waals surface area contributed by atoms with Gasteiger partial charge in [-0.2, -0.15) is 13.2 Å². The van der Waals surface area contributed by atoms with Crippen molar-refractivity contribution in [1.82, 2.24) is 4.98 Å². The summed E-state index contributed by atoms with van der Waals surface area (Å²) in [7, 11) is 0. The van der Waals surface area contributed by atoms with E-state index in [4.69, 9.17) is 0 Å². The molecule has 5 heteroatoms. The Morgan fingerprint density at radius 1 is 1.10 bits per heavy atom. The van der Waals surface area contributed by atoms with Crippen LogP contribution in [0.15, 0.2) is 36.4 Å². The number of carbonyl (C=O) groups is 1. The molecule has 2 rings (SSSR count). The molecule has 104 valence electrons. The minimum Gasteiger partial charge on any atom is -0.287 e. The number of halogens is 3. The number of hydrogen-bond acceptors (Lipinski definition) is 2. The highest BCUT2D eigenvalue weighted by atomic mass is 19.4. The van der Waals surface area contributed by atoms with Crippen molar-refractivity contribution in [1.29, 1.82) is 0 Å². The molecule has 0 N–H and O–H groups in total. The van der Waals surface area contributed by atoms with Gasteiger partial charge in [0.1, 0.15) is 5.69 Å². The minimum absolute atomic E-state index is 0.229. The molecule has 0 spiro atoms. The molecule has 0 fully saturated rings. The quantitative estimate of drug-likeness (QED) is 0.779. The van der Waals surface area contributed by atoms with E-state index in [1.807, 2.05) is 0 Å². The molecule has 1 aromatic heterocycles. The van der Waals surface area contributed by atoms with Crippen LogP contribution in [0.3, 0.4) is 0 Å². The zero-order valence-electron chi connectivity index (χ0n) is 11.0. The van der Waals surface area contributed by atoms with Gasteiger partial charge in [0, 0.05) is 11.3 Å². The Balaban J connectivity index is 2.41. The first-order chi connectivity index (χ1) is 9.29. The fourth-order valence-corrected chi connectivity index (χ4v) is 1.90. The fraction of sp³-hybridized carbons (Fsp3) is 0.200. The van der Waals surface area contributed by atoms with E-state index in [1.165, 1.54) is 13.0 Å². The highest BCUT2D eigenvalue weighted by Crippen LogP contribution is 2.30. The smallest absolute Gasteiger partial charge is 0.287 e. The third-order valence-corrected chi connectivity index (χ3v) is 2.92. The van der Waals surface area contributed by atoms with Gasteiger partial charge in [-0.05, 0) is 43.7 Å². The monoisotopic (exact) mass is 279 g/mol. The standard InChI is InChI=1S/C15H12F3NO/c1-9-8-11(15(16,17)18)6-7-12(9)14(20)13-5-3-4-10(2)19-13/h3-8H,1-2H3. The Hall–Kier alpha value is -2.17. The first-order valence-corrected chi connectivity index (χ1v) is 5.95. The lowest BCUT2D eigenvalue weighted by molar-refractivity contribution is -0.137. The van der Waals surface area contributed by atoms with Crippen LogP contribution in [-0.4, -0.2) is 10.8 Å². The van der Waals surface area contributed by atoms with Gasteiger partial charge in [0.2, 0.25) is 5.78 Å². The first-order valence-electron chi connectivity index (χ1n) is 5.95. The van der Waals surface area contributed by atoms with Crippen molar-refractivity contribution < 1.29 is 18.0 Å².